The van der Waals surface area contributed by atoms with Crippen LogP contribution in [0.3, 0.4) is 0 Å². The third-order valence-electron chi connectivity index (χ3n) is 7.93. The van der Waals surface area contributed by atoms with Crippen LogP contribution in [0.1, 0.15) is 82.2 Å². The minimum Gasteiger partial charge on any atom is -0.355 e. The second-order valence-corrected chi connectivity index (χ2v) is 13.6. The van der Waals surface area contributed by atoms with Gasteiger partial charge in [0.25, 0.3) is 0 Å². The zero-order chi connectivity index (χ0) is 32.7. The number of halogens is 4. The first-order chi connectivity index (χ1) is 21.1. The smallest absolute Gasteiger partial charge is 0.355 e. The molecule has 0 saturated carbocycles. The van der Waals surface area contributed by atoms with Crippen LogP contribution in [0.5, 0.6) is 5.88 Å². The minimum absolute atomic E-state index is 0.0405. The Morgan fingerprint density at radius 2 is 1.84 bits per heavy atom. The first-order valence-corrected chi connectivity index (χ1v) is 16.4. The maximum absolute atomic E-state index is 14.1. The molecule has 1 saturated heterocycles. The van der Waals surface area contributed by atoms with Crippen molar-refractivity contribution in [3.05, 3.63) is 70.8 Å². The third-order valence-corrected chi connectivity index (χ3v) is 8.89. The van der Waals surface area contributed by atoms with E-state index in [2.05, 4.69) is 16.1 Å². The molecule has 7 nitrogen and oxygen atoms in total. The highest BCUT2D eigenvalue weighted by molar-refractivity contribution is 7.87. The SMILES string of the molecule is CC[C@H]1C[C@@H](/C=C/c2c(C(C)C)nc3c(c2-c2ccc(F)cc2)CCCc2cc(OS(=O)(=O)C(F)(F)F)ncc2-3)OC(C)(C)O1. The molecule has 45 heavy (non-hydrogen) atoms. The van der Waals surface area contributed by atoms with Crippen LogP contribution in [0.4, 0.5) is 17.6 Å². The number of hydrogen-bond acceptors (Lipinski definition) is 7. The number of alkyl halides is 3. The van der Waals surface area contributed by atoms with Gasteiger partial charge in [-0.25, -0.2) is 9.37 Å². The second-order valence-electron chi connectivity index (χ2n) is 12.1. The zero-order valence-corrected chi connectivity index (χ0v) is 26.6. The molecule has 5 rings (SSSR count). The summed E-state index contributed by atoms with van der Waals surface area (Å²) in [5.41, 5.74) is 0.292. The maximum Gasteiger partial charge on any atom is 0.534 e. The molecule has 1 fully saturated rings. The average molecular weight is 649 g/mol. The largest absolute Gasteiger partial charge is 0.534 e. The molecule has 1 aliphatic carbocycles. The average Bonchev–Trinajstić information content (AvgIpc) is 3.13. The van der Waals surface area contributed by atoms with E-state index >= 15 is 0 Å². The Kier molecular flexibility index (Phi) is 9.14. The van der Waals surface area contributed by atoms with E-state index in [0.29, 0.717) is 42.5 Å². The Labute approximate surface area is 260 Å². The van der Waals surface area contributed by atoms with Gasteiger partial charge in [-0.3, -0.25) is 4.98 Å². The molecule has 0 radical (unpaired) electrons. The molecule has 2 aromatic heterocycles. The van der Waals surface area contributed by atoms with Gasteiger partial charge in [0.05, 0.1) is 23.6 Å². The van der Waals surface area contributed by atoms with Gasteiger partial charge in [-0.1, -0.05) is 45.1 Å². The van der Waals surface area contributed by atoms with Gasteiger partial charge in [0, 0.05) is 29.8 Å². The Bertz CT molecular complexity index is 1700. The number of pyridine rings is 2. The van der Waals surface area contributed by atoms with Gasteiger partial charge in [0.2, 0.25) is 5.88 Å². The zero-order valence-electron chi connectivity index (χ0n) is 25.7. The van der Waals surface area contributed by atoms with Crippen LogP contribution in [-0.4, -0.2) is 41.9 Å². The van der Waals surface area contributed by atoms with Crippen LogP contribution in [0.25, 0.3) is 28.5 Å². The number of aromatic nitrogens is 2. The van der Waals surface area contributed by atoms with Crippen molar-refractivity contribution < 1.29 is 39.6 Å². The van der Waals surface area contributed by atoms with Gasteiger partial charge in [-0.2, -0.15) is 21.6 Å². The van der Waals surface area contributed by atoms with Crippen molar-refractivity contribution in [3.63, 3.8) is 0 Å². The summed E-state index contributed by atoms with van der Waals surface area (Å²) in [5, 5.41) is 0. The molecule has 0 bridgehead atoms. The number of benzene rings is 1. The number of rotatable bonds is 7. The fourth-order valence-corrected chi connectivity index (χ4v) is 6.37. The van der Waals surface area contributed by atoms with Gasteiger partial charge in [-0.15, -0.1) is 0 Å². The van der Waals surface area contributed by atoms with E-state index in [1.54, 1.807) is 12.1 Å². The van der Waals surface area contributed by atoms with E-state index in [1.807, 2.05) is 39.8 Å². The first kappa shape index (κ1) is 33.0. The molecular formula is C33H36F4N2O5S. The molecule has 2 atom stereocenters. The fourth-order valence-electron chi connectivity index (χ4n) is 5.95. The number of nitrogens with zero attached hydrogens (tertiary/aromatic N) is 2. The molecular weight excluding hydrogens is 612 g/mol. The number of fused-ring (bicyclic) bond motifs is 3. The van der Waals surface area contributed by atoms with Crippen molar-refractivity contribution in [2.75, 3.05) is 0 Å². The Balaban J connectivity index is 1.68. The maximum atomic E-state index is 14.1. The van der Waals surface area contributed by atoms with Crippen molar-refractivity contribution in [3.8, 4) is 28.3 Å². The minimum atomic E-state index is -5.88. The van der Waals surface area contributed by atoms with Crippen molar-refractivity contribution in [2.24, 2.45) is 0 Å². The lowest BCUT2D eigenvalue weighted by atomic mass is 9.86. The monoisotopic (exact) mass is 648 g/mol. The topological polar surface area (TPSA) is 87.6 Å². The lowest BCUT2D eigenvalue weighted by Gasteiger charge is -2.39. The van der Waals surface area contributed by atoms with Gasteiger partial charge < -0.3 is 13.7 Å². The van der Waals surface area contributed by atoms with E-state index in [1.165, 1.54) is 24.4 Å². The van der Waals surface area contributed by atoms with Crippen LogP contribution < -0.4 is 4.18 Å². The Morgan fingerprint density at radius 3 is 2.49 bits per heavy atom. The molecule has 3 aromatic rings. The summed E-state index contributed by atoms with van der Waals surface area (Å²) in [6.07, 6.45) is 8.27. The van der Waals surface area contributed by atoms with Crippen LogP contribution in [0.2, 0.25) is 0 Å². The number of ether oxygens (including phenoxy) is 2. The third kappa shape index (κ3) is 7.07. The first-order valence-electron chi connectivity index (χ1n) is 14.9. The predicted molar refractivity (Wildman–Crippen MR) is 162 cm³/mol. The Morgan fingerprint density at radius 1 is 1.13 bits per heavy atom. The number of hydrogen-bond donors (Lipinski definition) is 0. The van der Waals surface area contributed by atoms with Gasteiger partial charge >= 0.3 is 15.6 Å². The quantitative estimate of drug-likeness (QED) is 0.145. The highest BCUT2D eigenvalue weighted by Crippen LogP contribution is 2.43. The summed E-state index contributed by atoms with van der Waals surface area (Å²) < 4.78 is 92.9. The van der Waals surface area contributed by atoms with Crippen molar-refractivity contribution >= 4 is 16.2 Å². The molecule has 0 spiro atoms. The molecule has 12 heteroatoms. The van der Waals surface area contributed by atoms with Crippen molar-refractivity contribution in [2.45, 2.75) is 96.1 Å². The van der Waals surface area contributed by atoms with Crippen LogP contribution >= 0.6 is 0 Å². The van der Waals surface area contributed by atoms with E-state index in [4.69, 9.17) is 14.5 Å². The standard InChI is InChI=1S/C33H36F4N2O5S/c1-6-23-17-24(43-32(4,5)42-23)14-15-26-29(20-10-12-22(34)13-11-20)25-9-7-8-21-16-28(44-45(40,41)33(35,36)37)38-18-27(21)31(25)39-30(26)19(2)3/h10-16,18-19,23-24H,6-9,17H2,1-5H3/b15-14+/t23-,24+/m0/s1. The predicted octanol–water partition coefficient (Wildman–Crippen LogP) is 8.12. The van der Waals surface area contributed by atoms with Gasteiger partial charge in [0.1, 0.15) is 5.82 Å². The second kappa shape index (κ2) is 12.4. The number of aryl methyl sites for hydroxylation is 1. The van der Waals surface area contributed by atoms with Gasteiger partial charge in [0.15, 0.2) is 5.79 Å². The summed E-state index contributed by atoms with van der Waals surface area (Å²) in [5.74, 6) is -1.84. The molecule has 0 amide bonds. The molecule has 0 N–H and O–H groups in total. The molecule has 2 aliphatic rings. The fraction of sp³-hybridized carbons (Fsp3) is 0.455. The summed E-state index contributed by atoms with van der Waals surface area (Å²) in [6, 6.07) is 7.46. The van der Waals surface area contributed by atoms with E-state index in [-0.39, 0.29) is 23.9 Å². The van der Waals surface area contributed by atoms with Crippen LogP contribution in [0, 0.1) is 5.82 Å². The van der Waals surface area contributed by atoms with Gasteiger partial charge in [-0.05, 0) is 79.8 Å². The summed E-state index contributed by atoms with van der Waals surface area (Å²) in [7, 11) is -5.88. The van der Waals surface area contributed by atoms with E-state index < -0.39 is 27.3 Å². The highest BCUT2D eigenvalue weighted by Gasteiger charge is 2.49. The van der Waals surface area contributed by atoms with Crippen LogP contribution in [-0.2, 0) is 32.4 Å². The summed E-state index contributed by atoms with van der Waals surface area (Å²) in [6.45, 7) is 9.88. The van der Waals surface area contributed by atoms with Crippen molar-refractivity contribution in [1.29, 1.82) is 0 Å². The summed E-state index contributed by atoms with van der Waals surface area (Å²) in [4.78, 5) is 9.05. The molecule has 1 aromatic carbocycles. The highest BCUT2D eigenvalue weighted by atomic mass is 32.2. The van der Waals surface area contributed by atoms with E-state index in [9.17, 15) is 26.0 Å². The van der Waals surface area contributed by atoms with Crippen LogP contribution in [0.15, 0.2) is 42.6 Å². The summed E-state index contributed by atoms with van der Waals surface area (Å²) >= 11 is 0. The molecule has 1 aliphatic heterocycles. The normalized spacial score (nSPS) is 20.1. The van der Waals surface area contributed by atoms with E-state index in [0.717, 1.165) is 34.4 Å². The molecule has 0 unspecified atom stereocenters. The Hall–Kier alpha value is -3.35. The van der Waals surface area contributed by atoms with Crippen molar-refractivity contribution in [1.82, 2.24) is 9.97 Å². The lowest BCUT2D eigenvalue weighted by Crippen LogP contribution is -2.43. The molecule has 3 heterocycles. The molecule has 242 valence electrons. The lowest BCUT2D eigenvalue weighted by molar-refractivity contribution is -0.290.